The Morgan fingerprint density at radius 1 is 0.667 bits per heavy atom. The Morgan fingerprint density at radius 3 is 1.30 bits per heavy atom. The number of hydrogen-bond acceptors (Lipinski definition) is 4. The average molecular weight is 411 g/mol. The van der Waals surface area contributed by atoms with Gasteiger partial charge in [-0.05, 0) is 43.3 Å². The number of thioether (sulfide) groups is 3. The van der Waals surface area contributed by atoms with Gasteiger partial charge in [0.25, 0.3) is 0 Å². The van der Waals surface area contributed by atoms with Gasteiger partial charge in [0.15, 0.2) is 0 Å². The van der Waals surface area contributed by atoms with Crippen molar-refractivity contribution in [3.05, 3.63) is 103 Å². The molecule has 0 bridgehead atoms. The van der Waals surface area contributed by atoms with Crippen LogP contribution in [0.5, 0.6) is 0 Å². The van der Waals surface area contributed by atoms with Crippen LogP contribution in [0.3, 0.4) is 0 Å². The lowest BCUT2D eigenvalue weighted by Gasteiger charge is -2.35. The Hall–Kier alpha value is -1.59. The van der Waals surface area contributed by atoms with E-state index in [9.17, 15) is 5.11 Å². The first-order chi connectivity index (χ1) is 13.2. The SMILES string of the molecule is CC=CC(O)C(Sc1ccccc1)(Sc1ccccc1)Sc1ccccc1. The number of aliphatic hydroxyl groups is 1. The van der Waals surface area contributed by atoms with E-state index >= 15 is 0 Å². The van der Waals surface area contributed by atoms with Crippen molar-refractivity contribution in [3.8, 4) is 0 Å². The molecule has 0 aliphatic heterocycles. The first kappa shape index (κ1) is 20.2. The number of benzene rings is 3. The second kappa shape index (κ2) is 10.1. The van der Waals surface area contributed by atoms with Gasteiger partial charge in [-0.3, -0.25) is 0 Å². The van der Waals surface area contributed by atoms with Gasteiger partial charge in [0, 0.05) is 14.7 Å². The third-order valence-corrected chi connectivity index (χ3v) is 8.35. The summed E-state index contributed by atoms with van der Waals surface area (Å²) in [7, 11) is 0. The molecule has 0 aliphatic carbocycles. The molecule has 0 spiro atoms. The Labute approximate surface area is 174 Å². The first-order valence-electron chi connectivity index (χ1n) is 8.75. The minimum absolute atomic E-state index is 0.559. The fourth-order valence-electron chi connectivity index (χ4n) is 2.50. The van der Waals surface area contributed by atoms with E-state index < -0.39 is 9.52 Å². The van der Waals surface area contributed by atoms with E-state index in [1.807, 2.05) is 73.7 Å². The van der Waals surface area contributed by atoms with E-state index in [-0.39, 0.29) is 0 Å². The Balaban J connectivity index is 2.04. The van der Waals surface area contributed by atoms with Gasteiger partial charge in [-0.1, -0.05) is 102 Å². The van der Waals surface area contributed by atoms with E-state index in [1.54, 1.807) is 35.3 Å². The zero-order valence-electron chi connectivity index (χ0n) is 15.1. The van der Waals surface area contributed by atoms with Gasteiger partial charge in [0.1, 0.15) is 9.52 Å². The van der Waals surface area contributed by atoms with Crippen molar-refractivity contribution in [2.75, 3.05) is 0 Å². The molecular formula is C23H22OS3. The first-order valence-corrected chi connectivity index (χ1v) is 11.2. The van der Waals surface area contributed by atoms with Gasteiger partial charge in [-0.25, -0.2) is 0 Å². The normalized spacial score (nSPS) is 13.0. The summed E-state index contributed by atoms with van der Waals surface area (Å²) in [6, 6.07) is 30.9. The molecule has 0 heterocycles. The van der Waals surface area contributed by atoms with Crippen molar-refractivity contribution >= 4 is 35.3 Å². The van der Waals surface area contributed by atoms with Gasteiger partial charge in [-0.15, -0.1) is 0 Å². The molecule has 1 nitrogen and oxygen atoms in total. The number of hydrogen-bond donors (Lipinski definition) is 1. The summed E-state index contributed by atoms with van der Waals surface area (Å²) in [6.45, 7) is 1.95. The third kappa shape index (κ3) is 5.69. The zero-order valence-corrected chi connectivity index (χ0v) is 17.5. The van der Waals surface area contributed by atoms with Crippen LogP contribution in [0, 0.1) is 0 Å². The molecule has 0 amide bonds. The predicted molar refractivity (Wildman–Crippen MR) is 120 cm³/mol. The second-order valence-electron chi connectivity index (χ2n) is 5.82. The van der Waals surface area contributed by atoms with Crippen LogP contribution in [0.15, 0.2) is 118 Å². The van der Waals surface area contributed by atoms with E-state index in [2.05, 4.69) is 36.4 Å². The molecule has 0 aromatic heterocycles. The molecule has 4 heteroatoms. The molecule has 1 unspecified atom stereocenters. The van der Waals surface area contributed by atoms with E-state index in [1.165, 1.54) is 0 Å². The summed E-state index contributed by atoms with van der Waals surface area (Å²) >= 11 is 5.10. The van der Waals surface area contributed by atoms with Crippen molar-refractivity contribution in [2.45, 2.75) is 31.1 Å². The predicted octanol–water partition coefficient (Wildman–Crippen LogP) is 6.95. The third-order valence-electron chi connectivity index (χ3n) is 3.75. The van der Waals surface area contributed by atoms with E-state index in [0.717, 1.165) is 14.7 Å². The monoisotopic (exact) mass is 410 g/mol. The summed E-state index contributed by atoms with van der Waals surface area (Å²) in [5.74, 6) is 0. The Morgan fingerprint density at radius 2 is 1.00 bits per heavy atom. The summed E-state index contributed by atoms with van der Waals surface area (Å²) < 4.78 is -0.559. The highest BCUT2D eigenvalue weighted by Gasteiger charge is 2.40. The van der Waals surface area contributed by atoms with Crippen LogP contribution in [0.25, 0.3) is 0 Å². The van der Waals surface area contributed by atoms with Crippen LogP contribution in [0.4, 0.5) is 0 Å². The van der Waals surface area contributed by atoms with Crippen LogP contribution in [-0.4, -0.2) is 14.6 Å². The summed E-state index contributed by atoms with van der Waals surface area (Å²) in [5, 5.41) is 11.2. The van der Waals surface area contributed by atoms with Crippen molar-refractivity contribution in [3.63, 3.8) is 0 Å². The molecule has 0 saturated carbocycles. The van der Waals surface area contributed by atoms with Crippen LogP contribution in [0.1, 0.15) is 6.92 Å². The highest BCUT2D eigenvalue weighted by Crippen LogP contribution is 2.57. The Bertz CT molecular complexity index is 734. The van der Waals surface area contributed by atoms with Gasteiger partial charge in [-0.2, -0.15) is 0 Å². The molecule has 0 saturated heterocycles. The minimum Gasteiger partial charge on any atom is -0.386 e. The largest absolute Gasteiger partial charge is 0.386 e. The van der Waals surface area contributed by atoms with Crippen LogP contribution in [0.2, 0.25) is 0 Å². The number of rotatable bonds is 8. The van der Waals surface area contributed by atoms with Gasteiger partial charge < -0.3 is 5.11 Å². The molecule has 1 N–H and O–H groups in total. The van der Waals surface area contributed by atoms with Crippen molar-refractivity contribution < 1.29 is 5.11 Å². The topological polar surface area (TPSA) is 20.2 Å². The molecule has 0 aliphatic rings. The zero-order chi connectivity index (χ0) is 19.0. The van der Waals surface area contributed by atoms with Crippen molar-refractivity contribution in [1.82, 2.24) is 0 Å². The summed E-state index contributed by atoms with van der Waals surface area (Å²) in [4.78, 5) is 3.40. The molecular weight excluding hydrogens is 388 g/mol. The van der Waals surface area contributed by atoms with Crippen molar-refractivity contribution in [1.29, 1.82) is 0 Å². The standard InChI is InChI=1S/C23H22OS3/c1-2-12-22(24)23(25-19-13-6-3-7-14-19,26-20-15-8-4-9-16-20)27-21-17-10-5-11-18-21/h2-18,22,24H,1H3. The van der Waals surface area contributed by atoms with Crippen LogP contribution < -0.4 is 0 Å². The van der Waals surface area contributed by atoms with Gasteiger partial charge in [0.2, 0.25) is 0 Å². The average Bonchev–Trinajstić information content (AvgIpc) is 2.70. The second-order valence-corrected chi connectivity index (χ2v) is 10.6. The number of aliphatic hydroxyl groups excluding tert-OH is 1. The molecule has 1 atom stereocenters. The maximum absolute atomic E-state index is 11.2. The maximum atomic E-state index is 11.2. The highest BCUT2D eigenvalue weighted by atomic mass is 32.3. The smallest absolute Gasteiger partial charge is 0.149 e. The molecule has 3 aromatic rings. The van der Waals surface area contributed by atoms with Crippen LogP contribution >= 0.6 is 35.3 Å². The van der Waals surface area contributed by atoms with Crippen molar-refractivity contribution in [2.24, 2.45) is 0 Å². The fraction of sp³-hybridized carbons (Fsp3) is 0.130. The van der Waals surface area contributed by atoms with Gasteiger partial charge >= 0.3 is 0 Å². The maximum Gasteiger partial charge on any atom is 0.149 e. The van der Waals surface area contributed by atoms with E-state index in [0.29, 0.717) is 0 Å². The minimum atomic E-state index is -0.636. The highest BCUT2D eigenvalue weighted by molar-refractivity contribution is 8.33. The molecule has 3 rings (SSSR count). The lowest BCUT2D eigenvalue weighted by molar-refractivity contribution is 0.233. The van der Waals surface area contributed by atoms with Gasteiger partial charge in [0.05, 0.1) is 0 Å². The Kier molecular flexibility index (Phi) is 7.53. The molecule has 27 heavy (non-hydrogen) atoms. The number of allylic oxidation sites excluding steroid dienone is 1. The van der Waals surface area contributed by atoms with E-state index in [4.69, 9.17) is 0 Å². The quantitative estimate of drug-likeness (QED) is 0.246. The molecule has 0 fully saturated rings. The summed E-state index contributed by atoms with van der Waals surface area (Å²) in [6.07, 6.45) is 3.16. The molecule has 3 aromatic carbocycles. The fourth-order valence-corrected chi connectivity index (χ4v) is 7.20. The molecule has 138 valence electrons. The lowest BCUT2D eigenvalue weighted by atomic mass is 10.3. The molecule has 0 radical (unpaired) electrons. The van der Waals surface area contributed by atoms with Crippen LogP contribution in [-0.2, 0) is 0 Å². The summed E-state index contributed by atoms with van der Waals surface area (Å²) in [5.41, 5.74) is 0. The lowest BCUT2D eigenvalue weighted by Crippen LogP contribution is -2.31.